The summed E-state index contributed by atoms with van der Waals surface area (Å²) in [6.45, 7) is 0. The van der Waals surface area contributed by atoms with Crippen LogP contribution in [0.1, 0.15) is 17.3 Å². The molecule has 1 unspecified atom stereocenters. The first-order chi connectivity index (χ1) is 6.20. The van der Waals surface area contributed by atoms with Gasteiger partial charge in [-0.05, 0) is 17.7 Å². The van der Waals surface area contributed by atoms with E-state index < -0.39 is 17.8 Å². The van der Waals surface area contributed by atoms with Gasteiger partial charge >= 0.3 is 0 Å². The number of benzene rings is 1. The number of alkyl halides is 1. The highest BCUT2D eigenvalue weighted by atomic mass is 19.2. The number of halogens is 3. The molecule has 3 heteroatoms. The molecule has 0 aromatic heterocycles. The molecule has 0 nitrogen and oxygen atoms in total. The molecule has 0 saturated heterocycles. The lowest BCUT2D eigenvalue weighted by Gasteiger charge is -2.14. The van der Waals surface area contributed by atoms with Gasteiger partial charge in [-0.1, -0.05) is 12.1 Å². The standard InChI is InChI=1S/C10H6F3/c11-7-3-1-2-6-4-5-8(12)10(13)9(6)7/h1-5,7H. The molecule has 0 aliphatic heterocycles. The van der Waals surface area contributed by atoms with Crippen molar-refractivity contribution in [2.75, 3.05) is 0 Å². The van der Waals surface area contributed by atoms with Gasteiger partial charge in [0.1, 0.15) is 6.17 Å². The predicted molar refractivity (Wildman–Crippen MR) is 42.7 cm³/mol. The molecular formula is C10H6F3. The molecule has 0 heterocycles. The van der Waals surface area contributed by atoms with E-state index in [9.17, 15) is 13.2 Å². The van der Waals surface area contributed by atoms with Crippen molar-refractivity contribution in [3.05, 3.63) is 53.5 Å². The van der Waals surface area contributed by atoms with Crippen molar-refractivity contribution < 1.29 is 13.2 Å². The molecule has 1 atom stereocenters. The quantitative estimate of drug-likeness (QED) is 0.579. The maximum atomic E-state index is 13.1. The van der Waals surface area contributed by atoms with Gasteiger partial charge in [-0.3, -0.25) is 0 Å². The third-order valence-corrected chi connectivity index (χ3v) is 2.00. The Kier molecular flexibility index (Phi) is 1.87. The van der Waals surface area contributed by atoms with Gasteiger partial charge in [0.05, 0.1) is 0 Å². The van der Waals surface area contributed by atoms with Crippen molar-refractivity contribution in [1.29, 1.82) is 0 Å². The normalized spacial score (nSPS) is 20.1. The van der Waals surface area contributed by atoms with E-state index in [0.29, 0.717) is 5.56 Å². The van der Waals surface area contributed by atoms with E-state index in [1.54, 1.807) is 6.42 Å². The highest BCUT2D eigenvalue weighted by molar-refractivity contribution is 5.44. The van der Waals surface area contributed by atoms with Crippen LogP contribution in [0.4, 0.5) is 13.2 Å². The van der Waals surface area contributed by atoms with Crippen LogP contribution >= 0.6 is 0 Å². The van der Waals surface area contributed by atoms with E-state index in [2.05, 4.69) is 0 Å². The second-order valence-electron chi connectivity index (χ2n) is 2.82. The average Bonchev–Trinajstić information content (AvgIpc) is 2.12. The number of allylic oxidation sites excluding steroid dienone is 2. The molecule has 2 rings (SSSR count). The zero-order valence-electron chi connectivity index (χ0n) is 6.60. The first kappa shape index (κ1) is 8.35. The Morgan fingerprint density at radius 3 is 2.69 bits per heavy atom. The molecule has 0 fully saturated rings. The van der Waals surface area contributed by atoms with Crippen molar-refractivity contribution in [2.45, 2.75) is 6.17 Å². The minimum Gasteiger partial charge on any atom is -0.238 e. The van der Waals surface area contributed by atoms with Crippen LogP contribution in [0.3, 0.4) is 0 Å². The predicted octanol–water partition coefficient (Wildman–Crippen LogP) is 3.10. The Hall–Kier alpha value is -1.25. The van der Waals surface area contributed by atoms with Gasteiger partial charge in [0.2, 0.25) is 0 Å². The Labute approximate surface area is 73.7 Å². The van der Waals surface area contributed by atoms with Crippen LogP contribution in [-0.4, -0.2) is 0 Å². The van der Waals surface area contributed by atoms with Gasteiger partial charge in [0, 0.05) is 12.0 Å². The van der Waals surface area contributed by atoms with Gasteiger partial charge in [-0.2, -0.15) is 0 Å². The highest BCUT2D eigenvalue weighted by Crippen LogP contribution is 2.31. The van der Waals surface area contributed by atoms with Gasteiger partial charge in [-0.25, -0.2) is 13.2 Å². The van der Waals surface area contributed by atoms with E-state index in [1.807, 2.05) is 0 Å². The summed E-state index contributed by atoms with van der Waals surface area (Å²) < 4.78 is 38.9. The van der Waals surface area contributed by atoms with Crippen molar-refractivity contribution >= 4 is 0 Å². The fourth-order valence-electron chi connectivity index (χ4n) is 1.36. The third kappa shape index (κ3) is 1.24. The van der Waals surface area contributed by atoms with Gasteiger partial charge in [0.25, 0.3) is 0 Å². The molecule has 1 aliphatic carbocycles. The lowest BCUT2D eigenvalue weighted by Crippen LogP contribution is -2.04. The Balaban J connectivity index is 2.63. The molecule has 0 saturated carbocycles. The Morgan fingerprint density at radius 2 is 1.92 bits per heavy atom. The van der Waals surface area contributed by atoms with Crippen molar-refractivity contribution in [3.63, 3.8) is 0 Å². The minimum atomic E-state index is -1.55. The zero-order valence-corrected chi connectivity index (χ0v) is 6.60. The van der Waals surface area contributed by atoms with Crippen LogP contribution in [0.25, 0.3) is 0 Å². The number of hydrogen-bond acceptors (Lipinski definition) is 0. The first-order valence-electron chi connectivity index (χ1n) is 3.83. The molecule has 13 heavy (non-hydrogen) atoms. The second-order valence-corrected chi connectivity index (χ2v) is 2.82. The monoisotopic (exact) mass is 183 g/mol. The molecule has 0 bridgehead atoms. The smallest absolute Gasteiger partial charge is 0.165 e. The van der Waals surface area contributed by atoms with Crippen LogP contribution in [0.15, 0.2) is 24.3 Å². The molecular weight excluding hydrogens is 177 g/mol. The van der Waals surface area contributed by atoms with E-state index in [0.717, 1.165) is 6.07 Å². The maximum absolute atomic E-state index is 13.1. The van der Waals surface area contributed by atoms with E-state index >= 15 is 0 Å². The molecule has 0 spiro atoms. The van der Waals surface area contributed by atoms with E-state index in [4.69, 9.17) is 0 Å². The average molecular weight is 183 g/mol. The largest absolute Gasteiger partial charge is 0.238 e. The summed E-state index contributed by atoms with van der Waals surface area (Å²) in [7, 11) is 0. The lowest BCUT2D eigenvalue weighted by atomic mass is 9.95. The molecule has 0 N–H and O–H groups in total. The number of rotatable bonds is 0. The number of hydrogen-bond donors (Lipinski definition) is 0. The molecule has 67 valence electrons. The molecule has 1 radical (unpaired) electrons. The summed E-state index contributed by atoms with van der Waals surface area (Å²) in [5, 5.41) is 0. The molecule has 1 aromatic rings. The molecule has 1 aromatic carbocycles. The maximum Gasteiger partial charge on any atom is 0.165 e. The van der Waals surface area contributed by atoms with Gasteiger partial charge in [-0.15, -0.1) is 0 Å². The van der Waals surface area contributed by atoms with Gasteiger partial charge in [0.15, 0.2) is 11.6 Å². The van der Waals surface area contributed by atoms with Crippen LogP contribution < -0.4 is 0 Å². The highest BCUT2D eigenvalue weighted by Gasteiger charge is 2.21. The first-order valence-corrected chi connectivity index (χ1v) is 3.83. The minimum absolute atomic E-state index is 0.206. The second kappa shape index (κ2) is 2.91. The SMILES string of the molecule is Fc1ccc2c(c1F)C(F)C=C[CH]2. The summed E-state index contributed by atoms with van der Waals surface area (Å²) >= 11 is 0. The van der Waals surface area contributed by atoms with Crippen molar-refractivity contribution in [1.82, 2.24) is 0 Å². The van der Waals surface area contributed by atoms with Crippen LogP contribution in [0.5, 0.6) is 0 Å². The molecule has 1 aliphatic rings. The summed E-state index contributed by atoms with van der Waals surface area (Å²) in [4.78, 5) is 0. The Bertz CT molecular complexity index is 369. The number of fused-ring (bicyclic) bond motifs is 1. The van der Waals surface area contributed by atoms with Crippen molar-refractivity contribution in [3.8, 4) is 0 Å². The van der Waals surface area contributed by atoms with E-state index in [-0.39, 0.29) is 5.56 Å². The van der Waals surface area contributed by atoms with Crippen LogP contribution in [0, 0.1) is 18.1 Å². The molecule has 0 amide bonds. The van der Waals surface area contributed by atoms with Crippen LogP contribution in [-0.2, 0) is 0 Å². The lowest BCUT2D eigenvalue weighted by molar-refractivity contribution is 0.385. The summed E-state index contributed by atoms with van der Waals surface area (Å²) in [6.07, 6.45) is 2.68. The topological polar surface area (TPSA) is 0 Å². The van der Waals surface area contributed by atoms with Crippen molar-refractivity contribution in [2.24, 2.45) is 0 Å². The summed E-state index contributed by atoms with van der Waals surface area (Å²) in [6, 6.07) is 2.36. The fourth-order valence-corrected chi connectivity index (χ4v) is 1.36. The van der Waals surface area contributed by atoms with Gasteiger partial charge < -0.3 is 0 Å². The zero-order chi connectivity index (χ0) is 9.42. The summed E-state index contributed by atoms with van der Waals surface area (Å²) in [5.41, 5.74) is 0.191. The fraction of sp³-hybridized carbons (Fsp3) is 0.100. The third-order valence-electron chi connectivity index (χ3n) is 2.00. The van der Waals surface area contributed by atoms with E-state index in [1.165, 1.54) is 18.2 Å². The Morgan fingerprint density at radius 1 is 1.15 bits per heavy atom. The summed E-state index contributed by atoms with van der Waals surface area (Å²) in [5.74, 6) is -2.10. The van der Waals surface area contributed by atoms with Crippen LogP contribution in [0.2, 0.25) is 0 Å².